The molecule has 0 aliphatic carbocycles. The summed E-state index contributed by atoms with van der Waals surface area (Å²) in [5.41, 5.74) is 4.88. The molecular formula is C21H35IN6. The Morgan fingerprint density at radius 1 is 1.14 bits per heavy atom. The average Bonchev–Trinajstić information content (AvgIpc) is 2.94. The molecule has 6 nitrogen and oxygen atoms in total. The summed E-state index contributed by atoms with van der Waals surface area (Å²) in [5, 5.41) is 11.3. The molecule has 156 valence electrons. The van der Waals surface area contributed by atoms with Crippen LogP contribution >= 0.6 is 24.0 Å². The normalized spacial score (nSPS) is 11.4. The summed E-state index contributed by atoms with van der Waals surface area (Å²) in [5.74, 6) is 0.866. The Labute approximate surface area is 186 Å². The first-order valence-corrected chi connectivity index (χ1v) is 9.74. The third-order valence-electron chi connectivity index (χ3n) is 4.30. The van der Waals surface area contributed by atoms with Gasteiger partial charge in [0, 0.05) is 31.9 Å². The van der Waals surface area contributed by atoms with Crippen LogP contribution in [0.3, 0.4) is 0 Å². The van der Waals surface area contributed by atoms with Crippen LogP contribution in [0.1, 0.15) is 35.9 Å². The zero-order chi connectivity index (χ0) is 19.6. The molecule has 28 heavy (non-hydrogen) atoms. The van der Waals surface area contributed by atoms with E-state index in [4.69, 9.17) is 4.99 Å². The summed E-state index contributed by atoms with van der Waals surface area (Å²) >= 11 is 0. The second-order valence-corrected chi connectivity index (χ2v) is 7.13. The van der Waals surface area contributed by atoms with E-state index in [9.17, 15) is 0 Å². The molecule has 0 fully saturated rings. The molecule has 0 atom stereocenters. The second-order valence-electron chi connectivity index (χ2n) is 7.13. The number of aromatic nitrogens is 2. The summed E-state index contributed by atoms with van der Waals surface area (Å²) in [6, 6.07) is 10.6. The number of nitrogens with zero attached hydrogens (tertiary/aromatic N) is 4. The maximum atomic E-state index is 4.77. The Morgan fingerprint density at radius 3 is 2.46 bits per heavy atom. The number of halogens is 1. The highest BCUT2D eigenvalue weighted by atomic mass is 127. The molecule has 7 heteroatoms. The molecule has 1 heterocycles. The molecule has 0 saturated carbocycles. The van der Waals surface area contributed by atoms with Gasteiger partial charge in [0.15, 0.2) is 5.96 Å². The molecule has 1 aromatic carbocycles. The lowest BCUT2D eigenvalue weighted by Gasteiger charge is -2.14. The van der Waals surface area contributed by atoms with E-state index in [1.54, 1.807) is 0 Å². The van der Waals surface area contributed by atoms with Gasteiger partial charge in [0.2, 0.25) is 0 Å². The largest absolute Gasteiger partial charge is 0.357 e. The topological polar surface area (TPSA) is 57.5 Å². The minimum Gasteiger partial charge on any atom is -0.357 e. The molecule has 0 saturated heterocycles. The zero-order valence-corrected chi connectivity index (χ0v) is 20.2. The summed E-state index contributed by atoms with van der Waals surface area (Å²) in [7, 11) is 4.18. The number of aliphatic imine (C=N–C) groups is 1. The number of guanidine groups is 1. The third kappa shape index (κ3) is 8.18. The van der Waals surface area contributed by atoms with Gasteiger partial charge >= 0.3 is 0 Å². The van der Waals surface area contributed by atoms with E-state index < -0.39 is 0 Å². The lowest BCUT2D eigenvalue weighted by atomic mass is 10.1. The van der Waals surface area contributed by atoms with Gasteiger partial charge in [0.25, 0.3) is 0 Å². The molecule has 0 spiro atoms. The molecule has 0 aliphatic rings. The number of nitrogens with one attached hydrogen (secondary N) is 2. The zero-order valence-electron chi connectivity index (χ0n) is 17.8. The van der Waals surface area contributed by atoms with Crippen molar-refractivity contribution in [2.24, 2.45) is 4.99 Å². The number of aryl methyl sites for hydroxylation is 3. The van der Waals surface area contributed by atoms with Crippen molar-refractivity contribution in [2.75, 3.05) is 27.2 Å². The van der Waals surface area contributed by atoms with Crippen LogP contribution in [-0.2, 0) is 19.6 Å². The Hall–Kier alpha value is -1.61. The molecule has 0 unspecified atom stereocenters. The summed E-state index contributed by atoms with van der Waals surface area (Å²) in [4.78, 5) is 6.96. The van der Waals surface area contributed by atoms with Crippen LogP contribution in [-0.4, -0.2) is 47.8 Å². The van der Waals surface area contributed by atoms with E-state index in [2.05, 4.69) is 83.6 Å². The molecular weight excluding hydrogens is 463 g/mol. The maximum Gasteiger partial charge on any atom is 0.191 e. The molecule has 2 aromatic rings. The van der Waals surface area contributed by atoms with Gasteiger partial charge in [-0.2, -0.15) is 5.10 Å². The first-order valence-electron chi connectivity index (χ1n) is 9.74. The maximum absolute atomic E-state index is 4.77. The Bertz CT molecular complexity index is 738. The average molecular weight is 498 g/mol. The van der Waals surface area contributed by atoms with Crippen molar-refractivity contribution >= 4 is 29.9 Å². The number of benzene rings is 1. The van der Waals surface area contributed by atoms with E-state index >= 15 is 0 Å². The highest BCUT2D eigenvalue weighted by Crippen LogP contribution is 2.11. The van der Waals surface area contributed by atoms with Crippen molar-refractivity contribution in [3.63, 3.8) is 0 Å². The second kappa shape index (κ2) is 12.8. The SMILES string of the molecule is CCNC(=NCc1ccccc1CN(C)C)NCCCn1nc(C)cc1C.I. The van der Waals surface area contributed by atoms with E-state index in [0.29, 0.717) is 6.54 Å². The van der Waals surface area contributed by atoms with Crippen molar-refractivity contribution < 1.29 is 0 Å². The lowest BCUT2D eigenvalue weighted by molar-refractivity contribution is 0.401. The summed E-state index contributed by atoms with van der Waals surface area (Å²) in [6.45, 7) is 10.5. The van der Waals surface area contributed by atoms with Crippen LogP contribution in [0.2, 0.25) is 0 Å². The molecule has 2 rings (SSSR count). The molecule has 0 amide bonds. The summed E-state index contributed by atoms with van der Waals surface area (Å²) < 4.78 is 2.07. The predicted octanol–water partition coefficient (Wildman–Crippen LogP) is 3.32. The van der Waals surface area contributed by atoms with Crippen LogP contribution in [0.25, 0.3) is 0 Å². The first kappa shape index (κ1) is 24.4. The molecule has 2 N–H and O–H groups in total. The monoisotopic (exact) mass is 498 g/mol. The van der Waals surface area contributed by atoms with Crippen LogP contribution in [0, 0.1) is 13.8 Å². The van der Waals surface area contributed by atoms with Crippen LogP contribution < -0.4 is 10.6 Å². The summed E-state index contributed by atoms with van der Waals surface area (Å²) in [6.07, 6.45) is 1.00. The van der Waals surface area contributed by atoms with E-state index in [1.165, 1.54) is 16.8 Å². The molecule has 0 bridgehead atoms. The van der Waals surface area contributed by atoms with E-state index in [0.717, 1.165) is 44.3 Å². The van der Waals surface area contributed by atoms with Gasteiger partial charge in [-0.3, -0.25) is 4.68 Å². The Kier molecular flexibility index (Phi) is 11.1. The molecule has 0 aliphatic heterocycles. The van der Waals surface area contributed by atoms with Crippen LogP contribution in [0.4, 0.5) is 0 Å². The van der Waals surface area contributed by atoms with Crippen molar-refractivity contribution in [3.05, 3.63) is 52.8 Å². The van der Waals surface area contributed by atoms with Crippen molar-refractivity contribution in [2.45, 2.75) is 46.8 Å². The fourth-order valence-electron chi connectivity index (χ4n) is 3.05. The predicted molar refractivity (Wildman–Crippen MR) is 128 cm³/mol. The molecule has 0 radical (unpaired) electrons. The van der Waals surface area contributed by atoms with Crippen LogP contribution in [0.15, 0.2) is 35.3 Å². The first-order chi connectivity index (χ1) is 13.0. The van der Waals surface area contributed by atoms with Crippen LogP contribution in [0.5, 0.6) is 0 Å². The number of rotatable bonds is 9. The Balaban J connectivity index is 0.00000392. The lowest BCUT2D eigenvalue weighted by Crippen LogP contribution is -2.38. The van der Waals surface area contributed by atoms with Gasteiger partial charge in [-0.05, 0) is 58.5 Å². The minimum atomic E-state index is 0. The Morgan fingerprint density at radius 2 is 1.86 bits per heavy atom. The number of hydrogen-bond donors (Lipinski definition) is 2. The van der Waals surface area contributed by atoms with Gasteiger partial charge in [0.05, 0.1) is 12.2 Å². The highest BCUT2D eigenvalue weighted by molar-refractivity contribution is 14.0. The smallest absolute Gasteiger partial charge is 0.191 e. The van der Waals surface area contributed by atoms with Gasteiger partial charge in [0.1, 0.15) is 0 Å². The van der Waals surface area contributed by atoms with Gasteiger partial charge in [-0.15, -0.1) is 24.0 Å². The minimum absolute atomic E-state index is 0. The van der Waals surface area contributed by atoms with E-state index in [1.807, 2.05) is 6.92 Å². The number of hydrogen-bond acceptors (Lipinski definition) is 3. The van der Waals surface area contributed by atoms with Crippen molar-refractivity contribution in [1.82, 2.24) is 25.3 Å². The van der Waals surface area contributed by atoms with E-state index in [-0.39, 0.29) is 24.0 Å². The standard InChI is InChI=1S/C21H34N6.HI/c1-6-22-21(23-12-9-13-27-18(3)14-17(2)25-27)24-15-19-10-7-8-11-20(19)16-26(4)5;/h7-8,10-11,14H,6,9,12-13,15-16H2,1-5H3,(H2,22,23,24);1H. The van der Waals surface area contributed by atoms with Gasteiger partial charge in [-0.1, -0.05) is 24.3 Å². The third-order valence-corrected chi connectivity index (χ3v) is 4.30. The van der Waals surface area contributed by atoms with Gasteiger partial charge in [-0.25, -0.2) is 4.99 Å². The van der Waals surface area contributed by atoms with Gasteiger partial charge < -0.3 is 15.5 Å². The van der Waals surface area contributed by atoms with Crippen molar-refractivity contribution in [3.8, 4) is 0 Å². The fourth-order valence-corrected chi connectivity index (χ4v) is 3.05. The fraction of sp³-hybridized carbons (Fsp3) is 0.524. The van der Waals surface area contributed by atoms with Crippen molar-refractivity contribution in [1.29, 1.82) is 0 Å². The quantitative estimate of drug-likeness (QED) is 0.241. The highest BCUT2D eigenvalue weighted by Gasteiger charge is 2.04. The molecule has 1 aromatic heterocycles.